The van der Waals surface area contributed by atoms with E-state index in [-0.39, 0.29) is 29.2 Å². The van der Waals surface area contributed by atoms with Crippen LogP contribution in [-0.4, -0.2) is 41.4 Å². The number of aliphatic hydroxyl groups is 2. The van der Waals surface area contributed by atoms with Gasteiger partial charge in [-0.3, -0.25) is 4.79 Å². The van der Waals surface area contributed by atoms with E-state index in [4.69, 9.17) is 10.5 Å². The van der Waals surface area contributed by atoms with Crippen LogP contribution in [0.3, 0.4) is 0 Å². The van der Waals surface area contributed by atoms with Gasteiger partial charge in [-0.1, -0.05) is 0 Å². The minimum absolute atomic E-state index is 0.0254. The van der Waals surface area contributed by atoms with Crippen LogP contribution in [0.5, 0.6) is 11.5 Å². The van der Waals surface area contributed by atoms with E-state index in [0.29, 0.717) is 6.29 Å². The lowest BCUT2D eigenvalue weighted by molar-refractivity contribution is 0.0241. The number of aldehydes is 1. The quantitative estimate of drug-likeness (QED) is 0.520. The number of rotatable bonds is 5. The number of aromatic hydroxyl groups is 1. The normalized spacial score (nSPS) is 14.1. The number of hydrogen-bond donors (Lipinski definition) is 4. The van der Waals surface area contributed by atoms with Crippen molar-refractivity contribution in [3.63, 3.8) is 0 Å². The van der Waals surface area contributed by atoms with Gasteiger partial charge in [0, 0.05) is 6.54 Å². The summed E-state index contributed by atoms with van der Waals surface area (Å²) in [6.07, 6.45) is -1.96. The van der Waals surface area contributed by atoms with Crippen LogP contribution in [0, 0.1) is 0 Å². The Bertz CT molecular complexity index is 407. The number of carbonyl (C=O) groups is 1. The molecule has 0 aromatic heterocycles. The van der Waals surface area contributed by atoms with Crippen LogP contribution in [0.1, 0.15) is 22.0 Å². The maximum absolute atomic E-state index is 10.7. The Hall–Kier alpha value is -1.63. The van der Waals surface area contributed by atoms with Crippen molar-refractivity contribution in [3.05, 3.63) is 23.3 Å². The molecule has 5 N–H and O–H groups in total. The number of aliphatic hydroxyl groups excluding tert-OH is 2. The van der Waals surface area contributed by atoms with Crippen molar-refractivity contribution in [2.45, 2.75) is 12.2 Å². The summed E-state index contributed by atoms with van der Waals surface area (Å²) in [6.45, 7) is -0.124. The molecule has 17 heavy (non-hydrogen) atoms. The average molecular weight is 241 g/mol. The molecule has 0 saturated carbocycles. The zero-order valence-corrected chi connectivity index (χ0v) is 9.33. The molecule has 6 nitrogen and oxygen atoms in total. The van der Waals surface area contributed by atoms with Crippen LogP contribution in [0.15, 0.2) is 12.1 Å². The Kier molecular flexibility index (Phi) is 4.45. The number of carbonyl (C=O) groups excluding carboxylic acids is 1. The minimum atomic E-state index is -1.24. The van der Waals surface area contributed by atoms with Crippen molar-refractivity contribution in [2.24, 2.45) is 5.73 Å². The Balaban J connectivity index is 3.21. The van der Waals surface area contributed by atoms with Gasteiger partial charge in [0.15, 0.2) is 17.8 Å². The van der Waals surface area contributed by atoms with Gasteiger partial charge in [0.1, 0.15) is 6.10 Å². The lowest BCUT2D eigenvalue weighted by Crippen LogP contribution is -2.27. The van der Waals surface area contributed by atoms with Gasteiger partial charge in [-0.25, -0.2) is 0 Å². The van der Waals surface area contributed by atoms with Crippen LogP contribution < -0.4 is 10.5 Å². The summed E-state index contributed by atoms with van der Waals surface area (Å²) in [6, 6.07) is 2.61. The summed E-state index contributed by atoms with van der Waals surface area (Å²) in [5.41, 5.74) is 5.45. The highest BCUT2D eigenvalue weighted by molar-refractivity contribution is 5.81. The SMILES string of the molecule is COc1cc(C(O)C(O)CN)cc(C=O)c1O. The maximum atomic E-state index is 10.7. The van der Waals surface area contributed by atoms with E-state index in [1.807, 2.05) is 0 Å². The number of phenolic OH excluding ortho intramolecular Hbond substituents is 1. The third-order valence-corrected chi connectivity index (χ3v) is 2.42. The van der Waals surface area contributed by atoms with Crippen molar-refractivity contribution in [2.75, 3.05) is 13.7 Å². The molecule has 0 radical (unpaired) electrons. The number of phenols is 1. The smallest absolute Gasteiger partial charge is 0.168 e. The van der Waals surface area contributed by atoms with E-state index in [1.165, 1.54) is 19.2 Å². The second-order valence-electron chi connectivity index (χ2n) is 3.53. The first-order valence-electron chi connectivity index (χ1n) is 4.97. The summed E-state index contributed by atoms with van der Waals surface area (Å²) in [5.74, 6) is -0.256. The molecule has 1 aromatic carbocycles. The largest absolute Gasteiger partial charge is 0.504 e. The predicted molar refractivity (Wildman–Crippen MR) is 60.1 cm³/mol. The Morgan fingerprint density at radius 3 is 2.59 bits per heavy atom. The summed E-state index contributed by atoms with van der Waals surface area (Å²) >= 11 is 0. The highest BCUT2D eigenvalue weighted by Crippen LogP contribution is 2.33. The average Bonchev–Trinajstić information content (AvgIpc) is 2.37. The summed E-state index contributed by atoms with van der Waals surface area (Å²) in [4.78, 5) is 10.7. The molecule has 1 rings (SSSR count). The van der Waals surface area contributed by atoms with Crippen molar-refractivity contribution >= 4 is 6.29 Å². The number of nitrogens with two attached hydrogens (primary N) is 1. The van der Waals surface area contributed by atoms with E-state index in [2.05, 4.69) is 0 Å². The molecule has 2 atom stereocenters. The molecular weight excluding hydrogens is 226 g/mol. The topological polar surface area (TPSA) is 113 Å². The van der Waals surface area contributed by atoms with E-state index >= 15 is 0 Å². The van der Waals surface area contributed by atoms with Gasteiger partial charge in [-0.05, 0) is 17.7 Å². The van der Waals surface area contributed by atoms with Gasteiger partial charge >= 0.3 is 0 Å². The van der Waals surface area contributed by atoms with E-state index in [9.17, 15) is 20.1 Å². The lowest BCUT2D eigenvalue weighted by Gasteiger charge is -2.18. The fourth-order valence-corrected chi connectivity index (χ4v) is 1.42. The van der Waals surface area contributed by atoms with Crippen molar-refractivity contribution in [3.8, 4) is 11.5 Å². The van der Waals surface area contributed by atoms with Crippen LogP contribution >= 0.6 is 0 Å². The fraction of sp³-hybridized carbons (Fsp3) is 0.364. The molecular formula is C11H15NO5. The molecule has 0 amide bonds. The highest BCUT2D eigenvalue weighted by Gasteiger charge is 2.20. The predicted octanol–water partition coefficient (Wildman–Crippen LogP) is -0.434. The van der Waals surface area contributed by atoms with Gasteiger partial charge in [0.05, 0.1) is 18.8 Å². The summed E-state index contributed by atoms with van der Waals surface area (Å²) in [5, 5.41) is 28.7. The van der Waals surface area contributed by atoms with Crippen LogP contribution in [-0.2, 0) is 0 Å². The molecule has 0 heterocycles. The summed E-state index contributed by atoms with van der Waals surface area (Å²) < 4.78 is 4.86. The van der Waals surface area contributed by atoms with Gasteiger partial charge in [-0.2, -0.15) is 0 Å². The first-order chi connectivity index (χ1) is 8.04. The fourth-order valence-electron chi connectivity index (χ4n) is 1.42. The molecule has 94 valence electrons. The Morgan fingerprint density at radius 1 is 1.47 bits per heavy atom. The number of ether oxygens (including phenoxy) is 1. The maximum Gasteiger partial charge on any atom is 0.168 e. The Morgan fingerprint density at radius 2 is 2.12 bits per heavy atom. The molecule has 0 aliphatic heterocycles. The Labute approximate surface area is 98.3 Å². The molecule has 0 bridgehead atoms. The number of hydrogen-bond acceptors (Lipinski definition) is 6. The van der Waals surface area contributed by atoms with E-state index < -0.39 is 12.2 Å². The third-order valence-electron chi connectivity index (χ3n) is 2.42. The van der Waals surface area contributed by atoms with Crippen LogP contribution in [0.2, 0.25) is 0 Å². The first kappa shape index (κ1) is 13.4. The molecule has 0 aliphatic rings. The van der Waals surface area contributed by atoms with E-state index in [0.717, 1.165) is 0 Å². The van der Waals surface area contributed by atoms with Crippen LogP contribution in [0.4, 0.5) is 0 Å². The molecule has 0 saturated heterocycles. The second kappa shape index (κ2) is 5.62. The van der Waals surface area contributed by atoms with Gasteiger partial charge in [0.2, 0.25) is 0 Å². The zero-order valence-electron chi connectivity index (χ0n) is 9.33. The second-order valence-corrected chi connectivity index (χ2v) is 3.53. The number of methoxy groups -OCH3 is 1. The molecule has 1 aromatic rings. The molecule has 2 unspecified atom stereocenters. The molecule has 0 spiro atoms. The summed E-state index contributed by atoms with van der Waals surface area (Å²) in [7, 11) is 1.32. The molecule has 0 aliphatic carbocycles. The van der Waals surface area contributed by atoms with Gasteiger partial charge < -0.3 is 25.8 Å². The van der Waals surface area contributed by atoms with Gasteiger partial charge in [-0.15, -0.1) is 0 Å². The highest BCUT2D eigenvalue weighted by atomic mass is 16.5. The van der Waals surface area contributed by atoms with Crippen molar-refractivity contribution in [1.82, 2.24) is 0 Å². The lowest BCUT2D eigenvalue weighted by atomic mass is 10.0. The van der Waals surface area contributed by atoms with Crippen LogP contribution in [0.25, 0.3) is 0 Å². The molecule has 6 heteroatoms. The minimum Gasteiger partial charge on any atom is -0.504 e. The standard InChI is InChI=1S/C11H15NO5/c1-17-9-3-6(10(15)8(14)4-12)2-7(5-13)11(9)16/h2-3,5,8,10,14-16H,4,12H2,1H3. The first-order valence-corrected chi connectivity index (χ1v) is 4.97. The van der Waals surface area contributed by atoms with Gasteiger partial charge in [0.25, 0.3) is 0 Å². The number of benzene rings is 1. The van der Waals surface area contributed by atoms with E-state index in [1.54, 1.807) is 0 Å². The van der Waals surface area contributed by atoms with Crippen molar-refractivity contribution in [1.29, 1.82) is 0 Å². The monoisotopic (exact) mass is 241 g/mol. The zero-order chi connectivity index (χ0) is 13.0. The molecule has 0 fully saturated rings. The van der Waals surface area contributed by atoms with Crippen molar-refractivity contribution < 1.29 is 24.9 Å². The third kappa shape index (κ3) is 2.73.